The summed E-state index contributed by atoms with van der Waals surface area (Å²) in [5, 5.41) is 9.38. The van der Waals surface area contributed by atoms with E-state index in [1.807, 2.05) is 13.8 Å². The summed E-state index contributed by atoms with van der Waals surface area (Å²) in [7, 11) is 0. The Bertz CT molecular complexity index is 456. The van der Waals surface area contributed by atoms with Gasteiger partial charge in [0.1, 0.15) is 5.82 Å². The van der Waals surface area contributed by atoms with E-state index < -0.39 is 22.9 Å². The highest BCUT2D eigenvalue weighted by Crippen LogP contribution is 2.64. The Hall–Kier alpha value is -1.03. The zero-order valence-corrected chi connectivity index (χ0v) is 9.86. The molecule has 4 heteroatoms. The van der Waals surface area contributed by atoms with Gasteiger partial charge in [0.2, 0.25) is 0 Å². The fourth-order valence-corrected chi connectivity index (χ4v) is 2.49. The standard InChI is InChI=1S/C13H15F3O/c1-12(2)6-13(12,7-17)5-8-3-10(15)11(16)4-9(8)14/h3-4,17H,5-7H2,1-2H3. The summed E-state index contributed by atoms with van der Waals surface area (Å²) in [6.45, 7) is 3.88. The molecule has 1 nitrogen and oxygen atoms in total. The van der Waals surface area contributed by atoms with Crippen LogP contribution in [0, 0.1) is 28.3 Å². The largest absolute Gasteiger partial charge is 0.396 e. The Balaban J connectivity index is 2.29. The lowest BCUT2D eigenvalue weighted by Crippen LogP contribution is -2.18. The summed E-state index contributed by atoms with van der Waals surface area (Å²) in [6.07, 6.45) is 0.995. The molecule has 0 bridgehead atoms. The van der Waals surface area contributed by atoms with Crippen molar-refractivity contribution in [3.05, 3.63) is 35.1 Å². The van der Waals surface area contributed by atoms with E-state index >= 15 is 0 Å². The van der Waals surface area contributed by atoms with Crippen LogP contribution in [0.5, 0.6) is 0 Å². The summed E-state index contributed by atoms with van der Waals surface area (Å²) < 4.78 is 39.3. The van der Waals surface area contributed by atoms with Crippen LogP contribution in [-0.4, -0.2) is 11.7 Å². The van der Waals surface area contributed by atoms with Crippen molar-refractivity contribution in [2.24, 2.45) is 10.8 Å². The smallest absolute Gasteiger partial charge is 0.161 e. The first kappa shape index (κ1) is 12.4. The van der Waals surface area contributed by atoms with Gasteiger partial charge in [-0.3, -0.25) is 0 Å². The van der Waals surface area contributed by atoms with Gasteiger partial charge in [-0.25, -0.2) is 13.2 Å². The molecule has 0 saturated heterocycles. The van der Waals surface area contributed by atoms with E-state index in [4.69, 9.17) is 0 Å². The Morgan fingerprint density at radius 1 is 1.12 bits per heavy atom. The summed E-state index contributed by atoms with van der Waals surface area (Å²) in [4.78, 5) is 0. The molecule has 1 atom stereocenters. The van der Waals surface area contributed by atoms with E-state index in [1.165, 1.54) is 0 Å². The van der Waals surface area contributed by atoms with Crippen LogP contribution in [0.4, 0.5) is 13.2 Å². The summed E-state index contributed by atoms with van der Waals surface area (Å²) in [5.74, 6) is -2.98. The molecule has 1 aromatic rings. The average Bonchev–Trinajstić information content (AvgIpc) is 2.78. The van der Waals surface area contributed by atoms with Gasteiger partial charge in [-0.1, -0.05) is 13.8 Å². The van der Waals surface area contributed by atoms with Crippen LogP contribution in [0.2, 0.25) is 0 Å². The monoisotopic (exact) mass is 244 g/mol. The maximum Gasteiger partial charge on any atom is 0.161 e. The highest BCUT2D eigenvalue weighted by atomic mass is 19.2. The first-order valence-corrected chi connectivity index (χ1v) is 5.56. The molecule has 1 unspecified atom stereocenters. The maximum atomic E-state index is 13.5. The van der Waals surface area contributed by atoms with Crippen LogP contribution >= 0.6 is 0 Å². The van der Waals surface area contributed by atoms with Crippen molar-refractivity contribution in [2.75, 3.05) is 6.61 Å². The maximum absolute atomic E-state index is 13.5. The average molecular weight is 244 g/mol. The van der Waals surface area contributed by atoms with Crippen LogP contribution in [0.25, 0.3) is 0 Å². The fourth-order valence-electron chi connectivity index (χ4n) is 2.49. The van der Waals surface area contributed by atoms with E-state index in [0.29, 0.717) is 6.07 Å². The molecule has 0 amide bonds. The number of benzene rings is 1. The Morgan fingerprint density at radius 2 is 1.65 bits per heavy atom. The van der Waals surface area contributed by atoms with Crippen LogP contribution in [0.3, 0.4) is 0 Å². The second kappa shape index (κ2) is 3.73. The van der Waals surface area contributed by atoms with Gasteiger partial charge >= 0.3 is 0 Å². The van der Waals surface area contributed by atoms with E-state index in [0.717, 1.165) is 12.5 Å². The SMILES string of the molecule is CC1(C)CC1(CO)Cc1cc(F)c(F)cc1F. The molecule has 94 valence electrons. The second-order valence-electron chi connectivity index (χ2n) is 5.53. The predicted octanol–water partition coefficient (Wildman–Crippen LogP) is 3.06. The highest BCUT2D eigenvalue weighted by molar-refractivity contribution is 5.25. The predicted molar refractivity (Wildman–Crippen MR) is 57.9 cm³/mol. The topological polar surface area (TPSA) is 20.2 Å². The molecular weight excluding hydrogens is 229 g/mol. The third-order valence-electron chi connectivity index (χ3n) is 4.01. The van der Waals surface area contributed by atoms with E-state index in [9.17, 15) is 18.3 Å². The van der Waals surface area contributed by atoms with Crippen molar-refractivity contribution in [1.82, 2.24) is 0 Å². The van der Waals surface area contributed by atoms with Gasteiger partial charge in [-0.15, -0.1) is 0 Å². The normalized spacial score (nSPS) is 26.0. The Kier molecular flexibility index (Phi) is 2.73. The van der Waals surface area contributed by atoms with Crippen LogP contribution in [0.1, 0.15) is 25.8 Å². The molecule has 2 rings (SSSR count). The van der Waals surface area contributed by atoms with Crippen LogP contribution in [0.15, 0.2) is 12.1 Å². The number of halogens is 3. The number of aliphatic hydroxyl groups is 1. The zero-order chi connectivity index (χ0) is 12.8. The van der Waals surface area contributed by atoms with Crippen LogP contribution in [-0.2, 0) is 6.42 Å². The molecular formula is C13H15F3O. The van der Waals surface area contributed by atoms with Gasteiger partial charge in [0, 0.05) is 18.1 Å². The summed E-state index contributed by atoms with van der Waals surface area (Å²) in [6, 6.07) is 1.45. The second-order valence-corrected chi connectivity index (χ2v) is 5.53. The number of hydrogen-bond donors (Lipinski definition) is 1. The van der Waals surface area contributed by atoms with E-state index in [2.05, 4.69) is 0 Å². The van der Waals surface area contributed by atoms with E-state index in [-0.39, 0.29) is 24.0 Å². The molecule has 17 heavy (non-hydrogen) atoms. The molecule has 1 N–H and O–H groups in total. The minimum atomic E-state index is -1.18. The van der Waals surface area contributed by atoms with Gasteiger partial charge in [-0.05, 0) is 29.9 Å². The third kappa shape index (κ3) is 1.95. The van der Waals surface area contributed by atoms with Crippen molar-refractivity contribution >= 4 is 0 Å². The number of rotatable bonds is 3. The van der Waals surface area contributed by atoms with Crippen molar-refractivity contribution in [3.8, 4) is 0 Å². The molecule has 1 fully saturated rings. The van der Waals surface area contributed by atoms with Gasteiger partial charge in [0.15, 0.2) is 11.6 Å². The number of aliphatic hydroxyl groups excluding tert-OH is 1. The Labute approximate surface area is 98.3 Å². The third-order valence-corrected chi connectivity index (χ3v) is 4.01. The molecule has 0 aromatic heterocycles. The zero-order valence-electron chi connectivity index (χ0n) is 9.86. The van der Waals surface area contributed by atoms with Crippen molar-refractivity contribution in [2.45, 2.75) is 26.7 Å². The lowest BCUT2D eigenvalue weighted by molar-refractivity contribution is 0.178. The van der Waals surface area contributed by atoms with Crippen molar-refractivity contribution in [3.63, 3.8) is 0 Å². The van der Waals surface area contributed by atoms with Gasteiger partial charge in [-0.2, -0.15) is 0 Å². The molecule has 1 aliphatic rings. The lowest BCUT2D eigenvalue weighted by atomic mass is 9.89. The number of hydrogen-bond acceptors (Lipinski definition) is 1. The molecule has 0 radical (unpaired) electrons. The first-order valence-electron chi connectivity index (χ1n) is 5.56. The molecule has 1 aromatic carbocycles. The summed E-state index contributed by atoms with van der Waals surface area (Å²) in [5.41, 5.74) is -0.361. The van der Waals surface area contributed by atoms with Crippen molar-refractivity contribution < 1.29 is 18.3 Å². The first-order chi connectivity index (χ1) is 7.81. The van der Waals surface area contributed by atoms with Crippen molar-refractivity contribution in [1.29, 1.82) is 0 Å². The summed E-state index contributed by atoms with van der Waals surface area (Å²) >= 11 is 0. The quantitative estimate of drug-likeness (QED) is 0.810. The highest BCUT2D eigenvalue weighted by Gasteiger charge is 2.60. The van der Waals surface area contributed by atoms with Gasteiger partial charge in [0.25, 0.3) is 0 Å². The Morgan fingerprint density at radius 3 is 2.12 bits per heavy atom. The minimum Gasteiger partial charge on any atom is -0.396 e. The molecule has 1 saturated carbocycles. The van der Waals surface area contributed by atoms with E-state index in [1.54, 1.807) is 0 Å². The molecule has 0 spiro atoms. The van der Waals surface area contributed by atoms with Gasteiger partial charge < -0.3 is 5.11 Å². The van der Waals surface area contributed by atoms with Crippen LogP contribution < -0.4 is 0 Å². The molecule has 0 aliphatic heterocycles. The lowest BCUT2D eigenvalue weighted by Gasteiger charge is -2.18. The molecule has 1 aliphatic carbocycles. The minimum absolute atomic E-state index is 0.0710. The fraction of sp³-hybridized carbons (Fsp3) is 0.538. The molecule has 0 heterocycles. The van der Waals surface area contributed by atoms with Gasteiger partial charge in [0.05, 0.1) is 0 Å².